The number of carbonyl (C=O) groups excluding carboxylic acids is 1. The maximum Gasteiger partial charge on any atom is 0.274 e. The Morgan fingerprint density at radius 1 is 1.12 bits per heavy atom. The van der Waals surface area contributed by atoms with Gasteiger partial charge in [0.05, 0.1) is 11.3 Å². The summed E-state index contributed by atoms with van der Waals surface area (Å²) in [6.07, 6.45) is 4.13. The molecule has 1 N–H and O–H groups in total. The third-order valence-corrected chi connectivity index (χ3v) is 7.81. The van der Waals surface area contributed by atoms with Crippen molar-refractivity contribution in [1.82, 2.24) is 4.57 Å². The van der Waals surface area contributed by atoms with Crippen LogP contribution in [-0.2, 0) is 0 Å². The first-order chi connectivity index (χ1) is 15.3. The average Bonchev–Trinajstić information content (AvgIpc) is 3.54. The molecule has 2 heterocycles. The third-order valence-electron chi connectivity index (χ3n) is 7.14. The largest absolute Gasteiger partial charge is 0.371 e. The van der Waals surface area contributed by atoms with E-state index in [0.717, 1.165) is 40.6 Å². The molecule has 2 aliphatic carbocycles. The van der Waals surface area contributed by atoms with Gasteiger partial charge in [0.25, 0.3) is 11.5 Å². The smallest absolute Gasteiger partial charge is 0.274 e. The summed E-state index contributed by atoms with van der Waals surface area (Å²) in [4.78, 5) is 28.5. The van der Waals surface area contributed by atoms with Crippen LogP contribution in [0.1, 0.15) is 54.9 Å². The molecule has 2 unspecified atom stereocenters. The fourth-order valence-electron chi connectivity index (χ4n) is 5.15. The van der Waals surface area contributed by atoms with E-state index in [2.05, 4.69) is 32.8 Å². The molecule has 5 rings (SSSR count). The Labute approximate surface area is 199 Å². The van der Waals surface area contributed by atoms with Gasteiger partial charge in [-0.3, -0.25) is 9.59 Å². The number of halogens is 3. The van der Waals surface area contributed by atoms with Crippen molar-refractivity contribution in [3.63, 3.8) is 0 Å². The van der Waals surface area contributed by atoms with Crippen LogP contribution < -0.4 is 15.8 Å². The first kappa shape index (κ1) is 21.9. The highest BCUT2D eigenvalue weighted by molar-refractivity contribution is 14.1. The van der Waals surface area contributed by atoms with Crippen LogP contribution in [0.5, 0.6) is 0 Å². The van der Waals surface area contributed by atoms with E-state index < -0.39 is 5.92 Å². The zero-order valence-electron chi connectivity index (χ0n) is 17.7. The molecule has 1 amide bonds. The van der Waals surface area contributed by atoms with E-state index >= 15 is 0 Å². The Balaban J connectivity index is 1.37. The molecule has 2 saturated carbocycles. The summed E-state index contributed by atoms with van der Waals surface area (Å²) < 4.78 is 29.6. The van der Waals surface area contributed by atoms with E-state index in [1.807, 2.05) is 18.2 Å². The molecule has 3 aliphatic rings. The summed E-state index contributed by atoms with van der Waals surface area (Å²) in [5.41, 5.74) is 1.30. The van der Waals surface area contributed by atoms with E-state index in [1.165, 1.54) is 11.0 Å². The monoisotopic (exact) mass is 553 g/mol. The average molecular weight is 553 g/mol. The van der Waals surface area contributed by atoms with E-state index in [9.17, 15) is 18.4 Å². The Morgan fingerprint density at radius 2 is 1.91 bits per heavy atom. The number of piperidine rings is 1. The molecule has 0 spiro atoms. The number of benzene rings is 1. The summed E-state index contributed by atoms with van der Waals surface area (Å²) in [7, 11) is 0. The SMILES string of the molecule is O=C(Nc1cccn(C2CCC(F)(F)CC2)c1=O)c1ccc(I)cc1N1CCC2CC2C1. The summed E-state index contributed by atoms with van der Waals surface area (Å²) in [5, 5.41) is 2.79. The van der Waals surface area contributed by atoms with Crippen molar-refractivity contribution in [2.75, 3.05) is 23.3 Å². The lowest BCUT2D eigenvalue weighted by Crippen LogP contribution is -2.34. The molecule has 1 saturated heterocycles. The van der Waals surface area contributed by atoms with Crippen LogP contribution >= 0.6 is 22.6 Å². The maximum absolute atomic E-state index is 13.5. The Morgan fingerprint density at radius 3 is 2.66 bits per heavy atom. The highest BCUT2D eigenvalue weighted by atomic mass is 127. The number of fused-ring (bicyclic) bond motifs is 1. The normalized spacial score (nSPS) is 24.7. The first-order valence-corrected chi connectivity index (χ1v) is 12.3. The highest BCUT2D eigenvalue weighted by Gasteiger charge is 2.42. The molecule has 32 heavy (non-hydrogen) atoms. The Bertz CT molecular complexity index is 1090. The second-order valence-electron chi connectivity index (χ2n) is 9.33. The number of alkyl halides is 2. The minimum Gasteiger partial charge on any atom is -0.371 e. The summed E-state index contributed by atoms with van der Waals surface area (Å²) >= 11 is 2.25. The van der Waals surface area contributed by atoms with E-state index in [1.54, 1.807) is 18.3 Å². The predicted molar refractivity (Wildman–Crippen MR) is 129 cm³/mol. The van der Waals surface area contributed by atoms with Crippen LogP contribution in [0, 0.1) is 15.4 Å². The third kappa shape index (κ3) is 4.43. The Kier molecular flexibility index (Phi) is 5.75. The number of amides is 1. The van der Waals surface area contributed by atoms with Gasteiger partial charge in [0.15, 0.2) is 0 Å². The van der Waals surface area contributed by atoms with E-state index in [0.29, 0.717) is 5.56 Å². The number of rotatable bonds is 4. The number of hydrogen-bond acceptors (Lipinski definition) is 3. The molecule has 2 atom stereocenters. The van der Waals surface area contributed by atoms with E-state index in [4.69, 9.17) is 0 Å². The van der Waals surface area contributed by atoms with Gasteiger partial charge < -0.3 is 14.8 Å². The van der Waals surface area contributed by atoms with Crippen LogP contribution in [0.2, 0.25) is 0 Å². The van der Waals surface area contributed by atoms with Gasteiger partial charge in [-0.05, 0) is 90.4 Å². The molecule has 3 fully saturated rings. The van der Waals surface area contributed by atoms with Crippen molar-refractivity contribution in [2.45, 2.75) is 50.5 Å². The summed E-state index contributed by atoms with van der Waals surface area (Å²) in [6.45, 7) is 1.90. The number of aromatic nitrogens is 1. The molecule has 5 nitrogen and oxygen atoms in total. The van der Waals surface area contributed by atoms with Crippen LogP contribution in [0.15, 0.2) is 41.3 Å². The molecule has 0 radical (unpaired) electrons. The van der Waals surface area contributed by atoms with Crippen molar-refractivity contribution in [3.05, 3.63) is 56.0 Å². The molecule has 0 bridgehead atoms. The molecule has 2 aromatic rings. The van der Waals surface area contributed by atoms with Crippen molar-refractivity contribution in [2.24, 2.45) is 11.8 Å². The van der Waals surface area contributed by atoms with Crippen molar-refractivity contribution >= 4 is 39.9 Å². The van der Waals surface area contributed by atoms with Gasteiger partial charge in [-0.1, -0.05) is 0 Å². The zero-order valence-corrected chi connectivity index (χ0v) is 19.9. The second kappa shape index (κ2) is 8.43. The zero-order chi connectivity index (χ0) is 22.5. The standard InChI is InChI=1S/C24H26F2IN3O2/c25-24(26)8-5-18(6-9-24)30-10-1-2-20(23(30)32)28-22(31)19-4-3-17(27)13-21(19)29-11-7-15-12-16(15)14-29/h1-4,10,13,15-16,18H,5-9,11-12,14H2,(H,28,31). The summed E-state index contributed by atoms with van der Waals surface area (Å²) in [5.74, 6) is -1.41. The van der Waals surface area contributed by atoms with Gasteiger partial charge in [0, 0.05) is 41.7 Å². The van der Waals surface area contributed by atoms with Crippen LogP contribution in [0.4, 0.5) is 20.2 Å². The van der Waals surface area contributed by atoms with Gasteiger partial charge in [0.2, 0.25) is 5.92 Å². The number of anilines is 2. The van der Waals surface area contributed by atoms with Crippen LogP contribution in [0.3, 0.4) is 0 Å². The van der Waals surface area contributed by atoms with Gasteiger partial charge in [0.1, 0.15) is 5.69 Å². The minimum atomic E-state index is -2.65. The number of nitrogens with one attached hydrogen (secondary N) is 1. The maximum atomic E-state index is 13.5. The van der Waals surface area contributed by atoms with E-state index in [-0.39, 0.29) is 48.9 Å². The van der Waals surface area contributed by atoms with Crippen molar-refractivity contribution in [3.8, 4) is 0 Å². The number of pyridine rings is 1. The van der Waals surface area contributed by atoms with Gasteiger partial charge in [-0.25, -0.2) is 8.78 Å². The molecular weight excluding hydrogens is 527 g/mol. The number of nitrogens with zero attached hydrogens (tertiary/aromatic N) is 2. The predicted octanol–water partition coefficient (Wildman–Crippen LogP) is 5.30. The molecule has 8 heteroatoms. The second-order valence-corrected chi connectivity index (χ2v) is 10.6. The van der Waals surface area contributed by atoms with Gasteiger partial charge >= 0.3 is 0 Å². The van der Waals surface area contributed by atoms with Crippen LogP contribution in [0.25, 0.3) is 0 Å². The molecule has 170 valence electrons. The first-order valence-electron chi connectivity index (χ1n) is 11.3. The number of hydrogen-bond donors (Lipinski definition) is 1. The lowest BCUT2D eigenvalue weighted by atomic mass is 9.92. The lowest BCUT2D eigenvalue weighted by Gasteiger charge is -2.30. The topological polar surface area (TPSA) is 54.3 Å². The Hall–Kier alpha value is -1.97. The lowest BCUT2D eigenvalue weighted by molar-refractivity contribution is -0.0442. The number of carbonyl (C=O) groups is 1. The quantitative estimate of drug-likeness (QED) is 0.523. The van der Waals surface area contributed by atoms with Crippen LogP contribution in [-0.4, -0.2) is 29.5 Å². The van der Waals surface area contributed by atoms with Crippen molar-refractivity contribution < 1.29 is 13.6 Å². The minimum absolute atomic E-state index is 0.181. The molecule has 1 aromatic heterocycles. The molecule has 1 aliphatic heterocycles. The van der Waals surface area contributed by atoms with Gasteiger partial charge in [-0.2, -0.15) is 0 Å². The molecule has 1 aromatic carbocycles. The summed E-state index contributed by atoms with van der Waals surface area (Å²) in [6, 6.07) is 8.74. The van der Waals surface area contributed by atoms with Crippen molar-refractivity contribution in [1.29, 1.82) is 0 Å². The molecular formula is C24H26F2IN3O2. The fraction of sp³-hybridized carbons (Fsp3) is 0.500. The van der Waals surface area contributed by atoms with Gasteiger partial charge in [-0.15, -0.1) is 0 Å². The fourth-order valence-corrected chi connectivity index (χ4v) is 5.62. The highest BCUT2D eigenvalue weighted by Crippen LogP contribution is 2.46.